The van der Waals surface area contributed by atoms with E-state index in [1.54, 1.807) is 18.4 Å². The SMILES string of the molecule is Cc1csc(-c2ccc3c(c2)oc(=O)n3C)n1. The highest BCUT2D eigenvalue weighted by Crippen LogP contribution is 2.26. The zero-order valence-electron chi connectivity index (χ0n) is 9.43. The van der Waals surface area contributed by atoms with Gasteiger partial charge >= 0.3 is 5.76 Å². The first kappa shape index (κ1) is 10.3. The number of hydrogen-bond acceptors (Lipinski definition) is 4. The number of thiazole rings is 1. The van der Waals surface area contributed by atoms with Crippen molar-refractivity contribution >= 4 is 22.4 Å². The molecule has 0 fully saturated rings. The highest BCUT2D eigenvalue weighted by Gasteiger charge is 2.09. The van der Waals surface area contributed by atoms with Crippen LogP contribution >= 0.6 is 11.3 Å². The first-order chi connectivity index (χ1) is 8.15. The molecule has 0 aliphatic carbocycles. The minimum atomic E-state index is -0.340. The van der Waals surface area contributed by atoms with Crippen molar-refractivity contribution in [2.45, 2.75) is 6.92 Å². The third-order valence-corrected chi connectivity index (χ3v) is 3.67. The number of aromatic nitrogens is 2. The van der Waals surface area contributed by atoms with E-state index in [2.05, 4.69) is 4.98 Å². The summed E-state index contributed by atoms with van der Waals surface area (Å²) in [6, 6.07) is 5.69. The fourth-order valence-corrected chi connectivity index (χ4v) is 2.55. The first-order valence-corrected chi connectivity index (χ1v) is 6.05. The predicted molar refractivity (Wildman–Crippen MR) is 67.3 cm³/mol. The largest absolute Gasteiger partial charge is 0.419 e. The van der Waals surface area contributed by atoms with Crippen LogP contribution in [-0.2, 0) is 7.05 Å². The minimum absolute atomic E-state index is 0.340. The second-order valence-corrected chi connectivity index (χ2v) is 4.76. The molecule has 1 aromatic carbocycles. The second kappa shape index (κ2) is 3.56. The van der Waals surface area contributed by atoms with Crippen molar-refractivity contribution in [3.05, 3.63) is 39.8 Å². The van der Waals surface area contributed by atoms with Crippen LogP contribution in [0, 0.1) is 6.92 Å². The summed E-state index contributed by atoms with van der Waals surface area (Å²) in [6.07, 6.45) is 0. The summed E-state index contributed by atoms with van der Waals surface area (Å²) < 4.78 is 6.64. The maximum atomic E-state index is 11.4. The monoisotopic (exact) mass is 246 g/mol. The quantitative estimate of drug-likeness (QED) is 0.663. The number of benzene rings is 1. The Morgan fingerprint density at radius 2 is 2.24 bits per heavy atom. The Balaban J connectivity index is 2.23. The van der Waals surface area contributed by atoms with Crippen LogP contribution in [-0.4, -0.2) is 9.55 Å². The molecule has 0 N–H and O–H groups in total. The van der Waals surface area contributed by atoms with Gasteiger partial charge in [0.1, 0.15) is 5.01 Å². The summed E-state index contributed by atoms with van der Waals surface area (Å²) >= 11 is 1.58. The van der Waals surface area contributed by atoms with Crippen LogP contribution in [0.15, 0.2) is 32.8 Å². The van der Waals surface area contributed by atoms with Gasteiger partial charge in [-0.2, -0.15) is 0 Å². The van der Waals surface area contributed by atoms with Crippen molar-refractivity contribution in [1.29, 1.82) is 0 Å². The van der Waals surface area contributed by atoms with E-state index in [9.17, 15) is 4.79 Å². The van der Waals surface area contributed by atoms with E-state index in [1.165, 1.54) is 4.57 Å². The van der Waals surface area contributed by atoms with Gasteiger partial charge in [-0.25, -0.2) is 9.78 Å². The third-order valence-electron chi connectivity index (χ3n) is 2.66. The molecule has 0 amide bonds. The Morgan fingerprint density at radius 1 is 1.41 bits per heavy atom. The average molecular weight is 246 g/mol. The number of oxazole rings is 1. The van der Waals surface area contributed by atoms with Gasteiger partial charge in [-0.05, 0) is 25.1 Å². The lowest BCUT2D eigenvalue weighted by Gasteiger charge is -1.96. The molecule has 4 nitrogen and oxygen atoms in total. The number of aryl methyl sites for hydroxylation is 2. The molecule has 0 aliphatic rings. The summed E-state index contributed by atoms with van der Waals surface area (Å²) in [5, 5.41) is 2.94. The Morgan fingerprint density at radius 3 is 2.94 bits per heavy atom. The lowest BCUT2D eigenvalue weighted by Crippen LogP contribution is -2.08. The first-order valence-electron chi connectivity index (χ1n) is 5.17. The van der Waals surface area contributed by atoms with Crippen LogP contribution < -0.4 is 5.76 Å². The summed E-state index contributed by atoms with van der Waals surface area (Å²) in [5.74, 6) is -0.340. The lowest BCUT2D eigenvalue weighted by atomic mass is 10.2. The number of nitrogens with zero attached hydrogens (tertiary/aromatic N) is 2. The van der Waals surface area contributed by atoms with Crippen LogP contribution in [0.25, 0.3) is 21.7 Å². The van der Waals surface area contributed by atoms with Gasteiger partial charge in [0.2, 0.25) is 0 Å². The molecule has 0 saturated carbocycles. The van der Waals surface area contributed by atoms with Gasteiger partial charge in [0.05, 0.1) is 5.52 Å². The molecule has 3 rings (SSSR count). The van der Waals surface area contributed by atoms with Crippen molar-refractivity contribution in [2.24, 2.45) is 7.05 Å². The molecular formula is C12H10N2O2S. The van der Waals surface area contributed by atoms with Gasteiger partial charge in [-0.1, -0.05) is 0 Å². The van der Waals surface area contributed by atoms with Crippen LogP contribution in [0.4, 0.5) is 0 Å². The van der Waals surface area contributed by atoms with Crippen LogP contribution in [0.5, 0.6) is 0 Å². The number of hydrogen-bond donors (Lipinski definition) is 0. The highest BCUT2D eigenvalue weighted by molar-refractivity contribution is 7.13. The molecule has 0 unspecified atom stereocenters. The molecule has 2 aromatic heterocycles. The molecule has 2 heterocycles. The van der Waals surface area contributed by atoms with E-state index in [0.29, 0.717) is 5.58 Å². The van der Waals surface area contributed by atoms with Crippen molar-refractivity contribution in [1.82, 2.24) is 9.55 Å². The van der Waals surface area contributed by atoms with E-state index in [-0.39, 0.29) is 5.76 Å². The zero-order valence-corrected chi connectivity index (χ0v) is 10.2. The predicted octanol–water partition coefficient (Wildman–Crippen LogP) is 2.56. The Kier molecular flexibility index (Phi) is 2.16. The van der Waals surface area contributed by atoms with E-state index in [1.807, 2.05) is 30.5 Å². The van der Waals surface area contributed by atoms with E-state index in [0.717, 1.165) is 21.8 Å². The summed E-state index contributed by atoms with van der Waals surface area (Å²) in [4.78, 5) is 15.8. The fraction of sp³-hybridized carbons (Fsp3) is 0.167. The molecule has 0 bridgehead atoms. The molecule has 86 valence electrons. The molecule has 0 spiro atoms. The second-order valence-electron chi connectivity index (χ2n) is 3.90. The van der Waals surface area contributed by atoms with Crippen LogP contribution in [0.3, 0.4) is 0 Å². The molecule has 0 radical (unpaired) electrons. The standard InChI is InChI=1S/C12H10N2O2S/c1-7-6-17-11(13-7)8-3-4-9-10(5-8)16-12(15)14(9)2/h3-6H,1-2H3. The minimum Gasteiger partial charge on any atom is -0.408 e. The lowest BCUT2D eigenvalue weighted by molar-refractivity contribution is 0.528. The molecular weight excluding hydrogens is 236 g/mol. The zero-order chi connectivity index (χ0) is 12.0. The number of fused-ring (bicyclic) bond motifs is 1. The Hall–Kier alpha value is -1.88. The summed E-state index contributed by atoms with van der Waals surface area (Å²) in [6.45, 7) is 1.96. The van der Waals surface area contributed by atoms with E-state index >= 15 is 0 Å². The molecule has 17 heavy (non-hydrogen) atoms. The third kappa shape index (κ3) is 1.59. The van der Waals surface area contributed by atoms with Crippen molar-refractivity contribution in [3.63, 3.8) is 0 Å². The highest BCUT2D eigenvalue weighted by atomic mass is 32.1. The van der Waals surface area contributed by atoms with Crippen molar-refractivity contribution in [3.8, 4) is 10.6 Å². The fourth-order valence-electron chi connectivity index (χ4n) is 1.75. The molecule has 0 saturated heterocycles. The van der Waals surface area contributed by atoms with Gasteiger partial charge in [0.15, 0.2) is 5.58 Å². The Labute approximate surface area is 101 Å². The normalized spacial score (nSPS) is 11.2. The number of rotatable bonds is 1. The Bertz CT molecular complexity index is 751. The molecule has 3 aromatic rings. The summed E-state index contributed by atoms with van der Waals surface area (Å²) in [7, 11) is 1.70. The average Bonchev–Trinajstić information content (AvgIpc) is 2.85. The maximum absolute atomic E-state index is 11.4. The van der Waals surface area contributed by atoms with E-state index < -0.39 is 0 Å². The van der Waals surface area contributed by atoms with Gasteiger partial charge in [0.25, 0.3) is 0 Å². The van der Waals surface area contributed by atoms with Gasteiger partial charge in [0, 0.05) is 23.7 Å². The molecule has 5 heteroatoms. The van der Waals surface area contributed by atoms with Crippen molar-refractivity contribution < 1.29 is 4.42 Å². The maximum Gasteiger partial charge on any atom is 0.419 e. The van der Waals surface area contributed by atoms with E-state index in [4.69, 9.17) is 4.42 Å². The summed E-state index contributed by atoms with van der Waals surface area (Å²) in [5.41, 5.74) is 3.37. The van der Waals surface area contributed by atoms with Crippen LogP contribution in [0.1, 0.15) is 5.69 Å². The topological polar surface area (TPSA) is 48.0 Å². The molecule has 0 atom stereocenters. The molecule has 0 aliphatic heterocycles. The van der Waals surface area contributed by atoms with Gasteiger partial charge in [-0.3, -0.25) is 4.57 Å². The smallest absolute Gasteiger partial charge is 0.408 e. The van der Waals surface area contributed by atoms with Gasteiger partial charge in [-0.15, -0.1) is 11.3 Å². The van der Waals surface area contributed by atoms with Gasteiger partial charge < -0.3 is 4.42 Å². The van der Waals surface area contributed by atoms with Crippen molar-refractivity contribution in [2.75, 3.05) is 0 Å². The van der Waals surface area contributed by atoms with Crippen LogP contribution in [0.2, 0.25) is 0 Å².